The SMILES string of the molecule is CC.CCCCc1ccc(OCCCOc2ccc(CC(OC)C(=O)O)cc2)cc1. The van der Waals surface area contributed by atoms with Crippen LogP contribution in [0.1, 0.15) is 51.2 Å². The van der Waals surface area contributed by atoms with Crippen LogP contribution in [0.15, 0.2) is 48.5 Å². The van der Waals surface area contributed by atoms with Crippen molar-refractivity contribution in [2.75, 3.05) is 20.3 Å². The van der Waals surface area contributed by atoms with Crippen molar-refractivity contribution >= 4 is 5.97 Å². The van der Waals surface area contributed by atoms with Crippen LogP contribution >= 0.6 is 0 Å². The molecule has 0 aliphatic carbocycles. The van der Waals surface area contributed by atoms with E-state index in [1.807, 2.05) is 50.2 Å². The van der Waals surface area contributed by atoms with Gasteiger partial charge in [0, 0.05) is 20.0 Å². The Hall–Kier alpha value is -2.53. The fourth-order valence-corrected chi connectivity index (χ4v) is 2.78. The van der Waals surface area contributed by atoms with Crippen LogP contribution < -0.4 is 9.47 Å². The largest absolute Gasteiger partial charge is 0.493 e. The molecule has 0 heterocycles. The van der Waals surface area contributed by atoms with Gasteiger partial charge >= 0.3 is 5.97 Å². The van der Waals surface area contributed by atoms with Gasteiger partial charge in [-0.3, -0.25) is 0 Å². The van der Waals surface area contributed by atoms with Crippen LogP contribution in [0.3, 0.4) is 0 Å². The van der Waals surface area contributed by atoms with Crippen molar-refractivity contribution in [1.29, 1.82) is 0 Å². The highest BCUT2D eigenvalue weighted by Gasteiger charge is 2.16. The number of carboxylic acid groups (broad SMARTS) is 1. The summed E-state index contributed by atoms with van der Waals surface area (Å²) < 4.78 is 16.4. The Labute approximate surface area is 181 Å². The van der Waals surface area contributed by atoms with Crippen molar-refractivity contribution in [3.8, 4) is 11.5 Å². The van der Waals surface area contributed by atoms with E-state index >= 15 is 0 Å². The van der Waals surface area contributed by atoms with Gasteiger partial charge in [-0.25, -0.2) is 4.79 Å². The highest BCUT2D eigenvalue weighted by molar-refractivity contribution is 5.72. The molecule has 0 radical (unpaired) electrons. The summed E-state index contributed by atoms with van der Waals surface area (Å²) in [5.74, 6) is 0.683. The average Bonchev–Trinajstić information content (AvgIpc) is 2.78. The predicted molar refractivity (Wildman–Crippen MR) is 121 cm³/mol. The van der Waals surface area contributed by atoms with Gasteiger partial charge in [-0.1, -0.05) is 51.5 Å². The summed E-state index contributed by atoms with van der Waals surface area (Å²) in [5.41, 5.74) is 2.24. The molecule has 166 valence electrons. The van der Waals surface area contributed by atoms with Gasteiger partial charge in [0.15, 0.2) is 6.10 Å². The summed E-state index contributed by atoms with van der Waals surface area (Å²) in [6, 6.07) is 15.7. The number of hydrogen-bond acceptors (Lipinski definition) is 4. The maximum Gasteiger partial charge on any atom is 0.333 e. The normalized spacial score (nSPS) is 11.2. The first-order valence-electron chi connectivity index (χ1n) is 10.8. The Kier molecular flexibility index (Phi) is 13.0. The van der Waals surface area contributed by atoms with Gasteiger partial charge in [0.05, 0.1) is 13.2 Å². The van der Waals surface area contributed by atoms with E-state index < -0.39 is 12.1 Å². The van der Waals surface area contributed by atoms with Gasteiger partial charge in [0.2, 0.25) is 0 Å². The zero-order chi connectivity index (χ0) is 22.2. The summed E-state index contributed by atoms with van der Waals surface area (Å²) in [5, 5.41) is 9.02. The zero-order valence-electron chi connectivity index (χ0n) is 18.7. The van der Waals surface area contributed by atoms with Crippen molar-refractivity contribution < 1.29 is 24.1 Å². The first-order chi connectivity index (χ1) is 14.6. The highest BCUT2D eigenvalue weighted by Crippen LogP contribution is 2.16. The number of rotatable bonds is 13. The first-order valence-corrected chi connectivity index (χ1v) is 10.8. The van der Waals surface area contributed by atoms with Gasteiger partial charge in [-0.2, -0.15) is 0 Å². The Morgan fingerprint density at radius 1 is 0.867 bits per heavy atom. The number of methoxy groups -OCH3 is 1. The summed E-state index contributed by atoms with van der Waals surface area (Å²) >= 11 is 0. The van der Waals surface area contributed by atoms with Gasteiger partial charge in [0.1, 0.15) is 11.5 Å². The van der Waals surface area contributed by atoms with Gasteiger partial charge in [-0.05, 0) is 48.2 Å². The molecule has 0 aromatic heterocycles. The van der Waals surface area contributed by atoms with E-state index in [9.17, 15) is 4.79 Å². The molecule has 0 fully saturated rings. The van der Waals surface area contributed by atoms with Crippen LogP contribution in [0, 0.1) is 0 Å². The van der Waals surface area contributed by atoms with Gasteiger partial charge in [-0.15, -0.1) is 0 Å². The molecule has 1 unspecified atom stereocenters. The lowest BCUT2D eigenvalue weighted by Crippen LogP contribution is -2.24. The minimum atomic E-state index is -0.960. The van der Waals surface area contributed by atoms with Crippen LogP contribution in [0.4, 0.5) is 0 Å². The van der Waals surface area contributed by atoms with E-state index in [1.165, 1.54) is 25.5 Å². The Balaban J connectivity index is 0.00000218. The maximum absolute atomic E-state index is 11.0. The molecule has 2 aromatic carbocycles. The molecule has 5 heteroatoms. The summed E-state index contributed by atoms with van der Waals surface area (Å²) in [6.45, 7) is 7.36. The maximum atomic E-state index is 11.0. The lowest BCUT2D eigenvalue weighted by atomic mass is 10.1. The third-order valence-corrected chi connectivity index (χ3v) is 4.47. The fourth-order valence-electron chi connectivity index (χ4n) is 2.78. The third-order valence-electron chi connectivity index (χ3n) is 4.47. The second-order valence-corrected chi connectivity index (χ2v) is 6.71. The number of carbonyl (C=O) groups is 1. The Bertz CT molecular complexity index is 694. The fraction of sp³-hybridized carbons (Fsp3) is 0.480. The van der Waals surface area contributed by atoms with Crippen LogP contribution in [0.2, 0.25) is 0 Å². The highest BCUT2D eigenvalue weighted by atomic mass is 16.5. The molecule has 1 N–H and O–H groups in total. The lowest BCUT2D eigenvalue weighted by Gasteiger charge is -2.11. The second kappa shape index (κ2) is 15.3. The molecule has 0 bridgehead atoms. The van der Waals surface area contributed by atoms with Crippen molar-refractivity contribution in [3.63, 3.8) is 0 Å². The number of aryl methyl sites for hydroxylation is 1. The van der Waals surface area contributed by atoms with Gasteiger partial charge in [0.25, 0.3) is 0 Å². The molecule has 0 amide bonds. The minimum Gasteiger partial charge on any atom is -0.493 e. The first kappa shape index (κ1) is 25.5. The van der Waals surface area contributed by atoms with Gasteiger partial charge < -0.3 is 19.3 Å². The van der Waals surface area contributed by atoms with E-state index in [2.05, 4.69) is 19.1 Å². The van der Waals surface area contributed by atoms with Crippen LogP contribution in [0.25, 0.3) is 0 Å². The Morgan fingerprint density at radius 3 is 1.80 bits per heavy atom. The molecular formula is C25H36O5. The molecule has 0 spiro atoms. The van der Waals surface area contributed by atoms with Crippen molar-refractivity contribution in [3.05, 3.63) is 59.7 Å². The van der Waals surface area contributed by atoms with E-state index in [4.69, 9.17) is 19.3 Å². The molecule has 0 saturated heterocycles. The molecule has 1 atom stereocenters. The molecule has 2 aromatic rings. The smallest absolute Gasteiger partial charge is 0.333 e. The van der Waals surface area contributed by atoms with E-state index in [1.54, 1.807) is 0 Å². The Morgan fingerprint density at radius 2 is 1.37 bits per heavy atom. The second-order valence-electron chi connectivity index (χ2n) is 6.71. The average molecular weight is 417 g/mol. The number of ether oxygens (including phenoxy) is 3. The molecule has 0 aliphatic rings. The number of unbranched alkanes of at least 4 members (excludes halogenated alkanes) is 1. The molecule has 2 rings (SSSR count). The predicted octanol–water partition coefficient (Wildman–Crippen LogP) is 5.55. The van der Waals surface area contributed by atoms with E-state index in [0.29, 0.717) is 19.6 Å². The molecular weight excluding hydrogens is 380 g/mol. The monoisotopic (exact) mass is 416 g/mol. The van der Waals surface area contributed by atoms with Crippen molar-refractivity contribution in [2.24, 2.45) is 0 Å². The molecule has 0 aliphatic heterocycles. The van der Waals surface area contributed by atoms with E-state index in [0.717, 1.165) is 29.9 Å². The summed E-state index contributed by atoms with van der Waals surface area (Å²) in [6.07, 6.45) is 3.82. The lowest BCUT2D eigenvalue weighted by molar-refractivity contribution is -0.148. The third kappa shape index (κ3) is 9.79. The van der Waals surface area contributed by atoms with Crippen molar-refractivity contribution in [2.45, 2.75) is 59.0 Å². The van der Waals surface area contributed by atoms with Crippen molar-refractivity contribution in [1.82, 2.24) is 0 Å². The van der Waals surface area contributed by atoms with Crippen LogP contribution in [0.5, 0.6) is 11.5 Å². The number of aliphatic carboxylic acids is 1. The number of benzene rings is 2. The standard InChI is InChI=1S/C23H30O5.C2H6/c1-3-4-6-18-7-11-20(12-8-18)27-15-5-16-28-21-13-9-19(10-14-21)17-22(26-2)23(24)25;1-2/h7-14,22H,3-6,15-17H2,1-2H3,(H,24,25);1-2H3. The van der Waals surface area contributed by atoms with Crippen LogP contribution in [-0.2, 0) is 22.4 Å². The number of hydrogen-bond donors (Lipinski definition) is 1. The molecule has 30 heavy (non-hydrogen) atoms. The topological polar surface area (TPSA) is 65.0 Å². The minimum absolute atomic E-state index is 0.331. The summed E-state index contributed by atoms with van der Waals surface area (Å²) in [4.78, 5) is 11.0. The zero-order valence-corrected chi connectivity index (χ0v) is 18.7. The molecule has 0 saturated carbocycles. The van der Waals surface area contributed by atoms with E-state index in [-0.39, 0.29) is 0 Å². The van der Waals surface area contributed by atoms with Crippen LogP contribution in [-0.4, -0.2) is 37.5 Å². The quantitative estimate of drug-likeness (QED) is 0.434. The number of carboxylic acids is 1. The molecule has 5 nitrogen and oxygen atoms in total. The summed E-state index contributed by atoms with van der Waals surface area (Å²) in [7, 11) is 1.40.